The molecular weight excluding hydrogens is 330 g/mol. The molecule has 2 aliphatic heterocycles. The lowest BCUT2D eigenvalue weighted by molar-refractivity contribution is -0.149. The Hall–Kier alpha value is -1.48. The minimum absolute atomic E-state index is 0.00885. The van der Waals surface area contributed by atoms with Crippen LogP contribution >= 0.6 is 11.3 Å². The highest BCUT2D eigenvalue weighted by Crippen LogP contribution is 2.28. The Kier molecular flexibility index (Phi) is 5.19. The first-order valence-corrected chi connectivity index (χ1v) is 8.90. The van der Waals surface area contributed by atoms with Crippen LogP contribution in [-0.4, -0.2) is 87.3 Å². The van der Waals surface area contributed by atoms with E-state index in [9.17, 15) is 9.59 Å². The number of hydrogen-bond donors (Lipinski definition) is 0. The van der Waals surface area contributed by atoms with Gasteiger partial charge in [0.2, 0.25) is 5.91 Å². The monoisotopic (exact) mass is 353 g/mol. The van der Waals surface area contributed by atoms with Crippen molar-refractivity contribution in [2.24, 2.45) is 0 Å². The second-order valence-corrected chi connectivity index (χ2v) is 7.32. The molecule has 24 heavy (non-hydrogen) atoms. The summed E-state index contributed by atoms with van der Waals surface area (Å²) in [7, 11) is 3.74. The first kappa shape index (κ1) is 17.3. The molecule has 0 N–H and O–H groups in total. The topological polar surface area (TPSA) is 62.3 Å². The van der Waals surface area contributed by atoms with E-state index in [1.165, 1.54) is 0 Å². The van der Waals surface area contributed by atoms with E-state index in [2.05, 4.69) is 0 Å². The summed E-state index contributed by atoms with van der Waals surface area (Å²) in [5.41, 5.74) is 0.206. The van der Waals surface area contributed by atoms with Crippen LogP contribution in [0.5, 0.6) is 0 Å². The van der Waals surface area contributed by atoms with Crippen molar-refractivity contribution < 1.29 is 19.1 Å². The molecule has 0 unspecified atom stereocenters. The van der Waals surface area contributed by atoms with Gasteiger partial charge in [0.15, 0.2) is 0 Å². The van der Waals surface area contributed by atoms with Gasteiger partial charge in [0.1, 0.15) is 12.2 Å². The molecular formula is C16H23N3O4S. The van der Waals surface area contributed by atoms with Crippen molar-refractivity contribution in [3.8, 4) is 0 Å². The summed E-state index contributed by atoms with van der Waals surface area (Å²) in [6.45, 7) is 2.60. The number of amides is 2. The number of likely N-dealkylation sites (N-methyl/N-ethyl adjacent to an activating group) is 1. The fourth-order valence-corrected chi connectivity index (χ4v) is 3.67. The van der Waals surface area contributed by atoms with E-state index in [4.69, 9.17) is 9.47 Å². The van der Waals surface area contributed by atoms with E-state index < -0.39 is 5.60 Å². The summed E-state index contributed by atoms with van der Waals surface area (Å²) in [6, 6.07) is 1.92. The number of thiophene rings is 1. The predicted molar refractivity (Wildman–Crippen MR) is 91.3 cm³/mol. The van der Waals surface area contributed by atoms with Gasteiger partial charge in [-0.1, -0.05) is 0 Å². The van der Waals surface area contributed by atoms with Crippen LogP contribution in [-0.2, 0) is 19.1 Å². The molecule has 7 nitrogen and oxygen atoms in total. The molecule has 0 radical (unpaired) electrons. The number of morpholine rings is 1. The summed E-state index contributed by atoms with van der Waals surface area (Å²) in [5.74, 6) is -0.0121. The van der Waals surface area contributed by atoms with Crippen molar-refractivity contribution in [3.63, 3.8) is 0 Å². The lowest BCUT2D eigenvalue weighted by atomic mass is 10.0. The molecule has 2 amide bonds. The lowest BCUT2D eigenvalue weighted by Crippen LogP contribution is -2.61. The van der Waals surface area contributed by atoms with Gasteiger partial charge in [-0.2, -0.15) is 11.3 Å². The minimum atomic E-state index is -0.672. The standard InChI is InChI=1S/C16H23N3O4S/c1-17(2)7-14(20)18-4-5-22-12-16(10-18)11-19(15(21)8-23-16)13-3-6-24-9-13/h3,6,9H,4-5,7-8,10-12H2,1-2H3/t16-/m0/s1. The number of anilines is 1. The highest BCUT2D eigenvalue weighted by Gasteiger charge is 2.44. The molecule has 0 bridgehead atoms. The van der Waals surface area contributed by atoms with Crippen LogP contribution < -0.4 is 4.90 Å². The molecule has 2 aliphatic rings. The molecule has 8 heteroatoms. The first-order valence-electron chi connectivity index (χ1n) is 7.96. The molecule has 3 heterocycles. The zero-order valence-electron chi connectivity index (χ0n) is 14.1. The van der Waals surface area contributed by atoms with E-state index in [-0.39, 0.29) is 18.4 Å². The SMILES string of the molecule is CN(C)CC(=O)N1CCOC[C@]2(C1)CN(c1ccsc1)C(=O)CO2. The van der Waals surface area contributed by atoms with Gasteiger partial charge in [-0.3, -0.25) is 9.59 Å². The molecule has 1 aromatic heterocycles. The van der Waals surface area contributed by atoms with Crippen molar-refractivity contribution in [3.05, 3.63) is 16.8 Å². The molecule has 2 fully saturated rings. The Labute approximate surface area is 145 Å². The Balaban J connectivity index is 1.77. The Bertz CT molecular complexity index is 592. The molecule has 0 aromatic carbocycles. The third-order valence-corrected chi connectivity index (χ3v) is 4.89. The third-order valence-electron chi connectivity index (χ3n) is 4.22. The molecule has 2 saturated heterocycles. The number of nitrogens with zero attached hydrogens (tertiary/aromatic N) is 3. The zero-order chi connectivity index (χ0) is 17.2. The van der Waals surface area contributed by atoms with Gasteiger partial charge in [0.05, 0.1) is 38.5 Å². The van der Waals surface area contributed by atoms with E-state index in [0.29, 0.717) is 39.4 Å². The molecule has 1 spiro atoms. The number of rotatable bonds is 3. The Morgan fingerprint density at radius 2 is 2.25 bits per heavy atom. The third kappa shape index (κ3) is 3.77. The molecule has 0 saturated carbocycles. The number of carbonyl (C=O) groups excluding carboxylic acids is 2. The van der Waals surface area contributed by atoms with Crippen molar-refractivity contribution in [2.75, 3.05) is 65.0 Å². The maximum absolute atomic E-state index is 12.5. The molecule has 0 aliphatic carbocycles. The number of ether oxygens (including phenoxy) is 2. The average molecular weight is 353 g/mol. The van der Waals surface area contributed by atoms with Crippen LogP contribution in [0.2, 0.25) is 0 Å². The summed E-state index contributed by atoms with van der Waals surface area (Å²) in [6.07, 6.45) is 0. The average Bonchev–Trinajstić information content (AvgIpc) is 2.98. The van der Waals surface area contributed by atoms with Gasteiger partial charge < -0.3 is 24.2 Å². The van der Waals surface area contributed by atoms with Crippen LogP contribution in [0.1, 0.15) is 0 Å². The van der Waals surface area contributed by atoms with Crippen molar-refractivity contribution in [1.29, 1.82) is 0 Å². The molecule has 1 atom stereocenters. The van der Waals surface area contributed by atoms with Crippen LogP contribution in [0.4, 0.5) is 5.69 Å². The quantitative estimate of drug-likeness (QED) is 0.781. The lowest BCUT2D eigenvalue weighted by Gasteiger charge is -2.42. The van der Waals surface area contributed by atoms with Gasteiger partial charge >= 0.3 is 0 Å². The first-order chi connectivity index (χ1) is 11.5. The smallest absolute Gasteiger partial charge is 0.253 e. The van der Waals surface area contributed by atoms with Crippen molar-refractivity contribution in [2.45, 2.75) is 5.60 Å². The van der Waals surface area contributed by atoms with E-state index >= 15 is 0 Å². The van der Waals surface area contributed by atoms with Gasteiger partial charge in [0, 0.05) is 11.9 Å². The highest BCUT2D eigenvalue weighted by atomic mass is 32.1. The van der Waals surface area contributed by atoms with Crippen molar-refractivity contribution >= 4 is 28.8 Å². The van der Waals surface area contributed by atoms with E-state index in [1.807, 2.05) is 35.8 Å². The number of carbonyl (C=O) groups is 2. The van der Waals surface area contributed by atoms with Gasteiger partial charge in [0.25, 0.3) is 5.91 Å². The van der Waals surface area contributed by atoms with Crippen LogP contribution in [0.3, 0.4) is 0 Å². The highest BCUT2D eigenvalue weighted by molar-refractivity contribution is 7.08. The van der Waals surface area contributed by atoms with Gasteiger partial charge in [-0.05, 0) is 25.5 Å². The molecule has 3 rings (SSSR count). The summed E-state index contributed by atoms with van der Waals surface area (Å²) in [5, 5.41) is 3.89. The fraction of sp³-hybridized carbons (Fsp3) is 0.625. The number of hydrogen-bond acceptors (Lipinski definition) is 6. The van der Waals surface area contributed by atoms with Gasteiger partial charge in [-0.15, -0.1) is 0 Å². The van der Waals surface area contributed by atoms with Crippen molar-refractivity contribution in [1.82, 2.24) is 9.80 Å². The summed E-state index contributed by atoms with van der Waals surface area (Å²) >= 11 is 1.55. The Morgan fingerprint density at radius 3 is 2.96 bits per heavy atom. The summed E-state index contributed by atoms with van der Waals surface area (Å²) < 4.78 is 11.6. The normalized spacial score (nSPS) is 25.4. The second kappa shape index (κ2) is 7.18. The van der Waals surface area contributed by atoms with E-state index in [1.54, 1.807) is 21.1 Å². The van der Waals surface area contributed by atoms with Gasteiger partial charge in [-0.25, -0.2) is 0 Å². The van der Waals surface area contributed by atoms with E-state index in [0.717, 1.165) is 5.69 Å². The summed E-state index contributed by atoms with van der Waals surface area (Å²) in [4.78, 5) is 30.1. The molecule has 132 valence electrons. The minimum Gasteiger partial charge on any atom is -0.376 e. The predicted octanol–water partition coefficient (Wildman–Crippen LogP) is 0.271. The van der Waals surface area contributed by atoms with Crippen LogP contribution in [0.15, 0.2) is 16.8 Å². The molecule has 1 aromatic rings. The largest absolute Gasteiger partial charge is 0.376 e. The second-order valence-electron chi connectivity index (χ2n) is 6.54. The maximum atomic E-state index is 12.5. The van der Waals surface area contributed by atoms with Crippen LogP contribution in [0, 0.1) is 0 Å². The van der Waals surface area contributed by atoms with Crippen LogP contribution in [0.25, 0.3) is 0 Å². The maximum Gasteiger partial charge on any atom is 0.253 e. The fourth-order valence-electron chi connectivity index (χ4n) is 3.03. The zero-order valence-corrected chi connectivity index (χ0v) is 14.9. The Morgan fingerprint density at radius 1 is 1.42 bits per heavy atom.